The lowest BCUT2D eigenvalue weighted by Gasteiger charge is -2.24. The van der Waals surface area contributed by atoms with Crippen molar-refractivity contribution in [3.05, 3.63) is 87.6 Å². The lowest BCUT2D eigenvalue weighted by atomic mass is 9.96. The topological polar surface area (TPSA) is 101 Å². The van der Waals surface area contributed by atoms with Gasteiger partial charge in [-0.2, -0.15) is 0 Å². The van der Waals surface area contributed by atoms with Crippen molar-refractivity contribution in [2.45, 2.75) is 71.1 Å². The second-order valence-electron chi connectivity index (χ2n) is 11.8. The molecule has 1 aromatic heterocycles. The van der Waals surface area contributed by atoms with Gasteiger partial charge < -0.3 is 19.7 Å². The molecule has 4 bridgehead atoms. The molecular weight excluding hydrogens is 580 g/mol. The minimum Gasteiger partial charge on any atom is -0.496 e. The Morgan fingerprint density at radius 1 is 1.14 bits per heavy atom. The van der Waals surface area contributed by atoms with E-state index in [4.69, 9.17) is 21.1 Å². The molecule has 10 heteroatoms. The normalized spacial score (nSPS) is 19.2. The molecule has 5 rings (SSSR count). The van der Waals surface area contributed by atoms with E-state index in [1.807, 2.05) is 24.3 Å². The van der Waals surface area contributed by atoms with Crippen LogP contribution in [0.2, 0.25) is 5.15 Å². The number of fused-ring (bicyclic) bond motifs is 4. The van der Waals surface area contributed by atoms with Crippen molar-refractivity contribution in [3.8, 4) is 5.75 Å². The van der Waals surface area contributed by atoms with Crippen LogP contribution in [0.4, 0.5) is 10.6 Å². The van der Waals surface area contributed by atoms with Gasteiger partial charge in [-0.1, -0.05) is 61.8 Å². The van der Waals surface area contributed by atoms with Crippen molar-refractivity contribution in [2.24, 2.45) is 0 Å². The van der Waals surface area contributed by atoms with Gasteiger partial charge in [-0.15, -0.1) is 0 Å². The van der Waals surface area contributed by atoms with E-state index in [1.165, 1.54) is 18.6 Å². The van der Waals surface area contributed by atoms with Gasteiger partial charge in [-0.25, -0.2) is 9.78 Å². The number of anilines is 1. The van der Waals surface area contributed by atoms with Crippen molar-refractivity contribution < 1.29 is 23.9 Å². The van der Waals surface area contributed by atoms with Crippen LogP contribution in [0.25, 0.3) is 0 Å². The van der Waals surface area contributed by atoms with Crippen molar-refractivity contribution in [3.63, 3.8) is 0 Å². The molecule has 2 aliphatic rings. The second kappa shape index (κ2) is 13.7. The first-order valence-electron chi connectivity index (χ1n) is 15.1. The molecule has 2 atom stereocenters. The molecule has 1 N–H and O–H groups in total. The van der Waals surface area contributed by atoms with Gasteiger partial charge in [0, 0.05) is 25.6 Å². The number of cyclic esters (lactones) is 1. The molecule has 1 saturated heterocycles. The molecular formula is C34H39ClN4O5. The number of amides is 3. The number of rotatable bonds is 5. The Bertz CT molecular complexity index is 1540. The minimum absolute atomic E-state index is 0.109. The largest absolute Gasteiger partial charge is 0.496 e. The number of ether oxygens (including phenoxy) is 2. The van der Waals surface area contributed by atoms with E-state index in [2.05, 4.69) is 42.3 Å². The zero-order valence-electron chi connectivity index (χ0n) is 25.6. The van der Waals surface area contributed by atoms with E-state index < -0.39 is 24.1 Å². The smallest absolute Gasteiger partial charge is 0.410 e. The van der Waals surface area contributed by atoms with Crippen molar-refractivity contribution >= 4 is 35.3 Å². The van der Waals surface area contributed by atoms with Crippen molar-refractivity contribution in [1.82, 2.24) is 15.2 Å². The maximum atomic E-state index is 13.7. The van der Waals surface area contributed by atoms with Crippen LogP contribution in [0.3, 0.4) is 0 Å². The van der Waals surface area contributed by atoms with E-state index in [9.17, 15) is 14.4 Å². The number of hydrogen-bond donors (Lipinski definition) is 1. The zero-order chi connectivity index (χ0) is 31.4. The second-order valence-corrected chi connectivity index (χ2v) is 12.2. The number of nitrogens with one attached hydrogen (secondary N) is 1. The first-order chi connectivity index (χ1) is 21.1. The summed E-state index contributed by atoms with van der Waals surface area (Å²) in [5.74, 6) is 0.888. The summed E-state index contributed by atoms with van der Waals surface area (Å²) in [6.45, 7) is 6.91. The standard InChI is InChI=1S/C34H39ClN4O5/c1-21(2)25-10-7-8-24(15-25)19-38-20-30(44-34(38)42)28-16-23-11-12-29(43-4)26(14-23)9-5-6-13-39(22(3)40)32-18-27(33(41)36-28)17-31(35)37-32/h7-8,10-12,14-15,17-18,21,28,30H,5-6,9,13,16,19-20H2,1-4H3,(H,36,41)/t28-,30+/m0/s1. The van der Waals surface area contributed by atoms with Crippen LogP contribution in [0, 0.1) is 0 Å². The molecule has 0 spiro atoms. The molecule has 0 saturated carbocycles. The molecule has 2 aliphatic heterocycles. The van der Waals surface area contributed by atoms with Gasteiger partial charge in [0.05, 0.1) is 19.7 Å². The third-order valence-electron chi connectivity index (χ3n) is 8.24. The molecule has 3 amide bonds. The van der Waals surface area contributed by atoms with Crippen LogP contribution in [-0.2, 0) is 28.9 Å². The fraction of sp³-hybridized carbons (Fsp3) is 0.412. The number of methoxy groups -OCH3 is 1. The summed E-state index contributed by atoms with van der Waals surface area (Å²) >= 11 is 6.35. The van der Waals surface area contributed by atoms with Crippen LogP contribution in [0.5, 0.6) is 5.75 Å². The highest BCUT2D eigenvalue weighted by atomic mass is 35.5. The van der Waals surface area contributed by atoms with Crippen molar-refractivity contribution in [2.75, 3.05) is 25.1 Å². The van der Waals surface area contributed by atoms with E-state index in [0.29, 0.717) is 37.8 Å². The van der Waals surface area contributed by atoms with E-state index in [0.717, 1.165) is 41.7 Å². The predicted octanol–water partition coefficient (Wildman–Crippen LogP) is 5.92. The fourth-order valence-corrected chi connectivity index (χ4v) is 6.05. The number of hydrogen-bond acceptors (Lipinski definition) is 6. The summed E-state index contributed by atoms with van der Waals surface area (Å²) in [6.07, 6.45) is 1.70. The Morgan fingerprint density at radius 2 is 1.95 bits per heavy atom. The maximum Gasteiger partial charge on any atom is 0.410 e. The number of aryl methyl sites for hydroxylation is 1. The Kier molecular flexibility index (Phi) is 9.74. The number of aromatic nitrogens is 1. The van der Waals surface area contributed by atoms with Gasteiger partial charge in [0.1, 0.15) is 22.8 Å². The molecule has 0 aliphatic carbocycles. The van der Waals surface area contributed by atoms with Gasteiger partial charge in [-0.3, -0.25) is 14.5 Å². The molecule has 44 heavy (non-hydrogen) atoms. The van der Waals surface area contributed by atoms with E-state index >= 15 is 0 Å². The van der Waals surface area contributed by atoms with Crippen LogP contribution in [0.15, 0.2) is 54.6 Å². The number of benzene rings is 2. The summed E-state index contributed by atoms with van der Waals surface area (Å²) in [4.78, 5) is 46.9. The molecule has 3 aromatic rings. The number of carbonyl (C=O) groups excluding carboxylic acids is 3. The summed E-state index contributed by atoms with van der Waals surface area (Å²) in [7, 11) is 1.65. The van der Waals surface area contributed by atoms with Crippen LogP contribution >= 0.6 is 11.6 Å². The lowest BCUT2D eigenvalue weighted by Crippen LogP contribution is -2.46. The highest BCUT2D eigenvalue weighted by molar-refractivity contribution is 6.30. The van der Waals surface area contributed by atoms with Gasteiger partial charge in [0.25, 0.3) is 5.91 Å². The molecule has 1 fully saturated rings. The molecule has 9 nitrogen and oxygen atoms in total. The number of carbonyl (C=O) groups is 3. The Morgan fingerprint density at radius 3 is 2.70 bits per heavy atom. The Labute approximate surface area is 263 Å². The average Bonchev–Trinajstić information content (AvgIpc) is 3.35. The quantitative estimate of drug-likeness (QED) is 0.356. The Hall–Kier alpha value is -4.11. The monoisotopic (exact) mass is 618 g/mol. The molecule has 0 unspecified atom stereocenters. The number of halogens is 1. The zero-order valence-corrected chi connectivity index (χ0v) is 26.4. The average molecular weight is 619 g/mol. The molecule has 2 aromatic carbocycles. The molecule has 232 valence electrons. The van der Waals surface area contributed by atoms with Gasteiger partial charge in [0.2, 0.25) is 5.91 Å². The third kappa shape index (κ3) is 7.33. The van der Waals surface area contributed by atoms with Crippen LogP contribution in [0.1, 0.15) is 72.1 Å². The number of nitrogens with zero attached hydrogens (tertiary/aromatic N) is 3. The third-order valence-corrected chi connectivity index (χ3v) is 8.44. The van der Waals surface area contributed by atoms with Crippen LogP contribution < -0.4 is 15.0 Å². The summed E-state index contributed by atoms with van der Waals surface area (Å²) < 4.78 is 11.5. The summed E-state index contributed by atoms with van der Waals surface area (Å²) in [6, 6.07) is 16.7. The highest BCUT2D eigenvalue weighted by Crippen LogP contribution is 2.27. The van der Waals surface area contributed by atoms with Crippen molar-refractivity contribution in [1.29, 1.82) is 0 Å². The Balaban J connectivity index is 1.46. The van der Waals surface area contributed by atoms with Crippen LogP contribution in [-0.4, -0.2) is 60.1 Å². The minimum atomic E-state index is -0.591. The number of pyridine rings is 1. The molecule has 0 radical (unpaired) electrons. The fourth-order valence-electron chi connectivity index (χ4n) is 5.85. The summed E-state index contributed by atoms with van der Waals surface area (Å²) in [5.41, 5.74) is 4.52. The summed E-state index contributed by atoms with van der Waals surface area (Å²) in [5, 5.41) is 3.22. The van der Waals surface area contributed by atoms with E-state index in [-0.39, 0.29) is 16.6 Å². The predicted molar refractivity (Wildman–Crippen MR) is 169 cm³/mol. The van der Waals surface area contributed by atoms with E-state index in [1.54, 1.807) is 23.0 Å². The first kappa shape index (κ1) is 31.3. The molecule has 3 heterocycles. The maximum absolute atomic E-state index is 13.7. The first-order valence-corrected chi connectivity index (χ1v) is 15.5. The van der Waals surface area contributed by atoms with Gasteiger partial charge in [-0.05, 0) is 72.1 Å². The highest BCUT2D eigenvalue weighted by Gasteiger charge is 2.38. The van der Waals surface area contributed by atoms with Gasteiger partial charge in [0.15, 0.2) is 0 Å². The lowest BCUT2D eigenvalue weighted by molar-refractivity contribution is -0.116. The van der Waals surface area contributed by atoms with Gasteiger partial charge >= 0.3 is 6.09 Å². The SMILES string of the molecule is COc1ccc2cc1CCCCN(C(C)=O)c1cc(cc(Cl)n1)C(=O)N[C@H]([C@H]1CN(Cc3cccc(C(C)C)c3)C(=O)O1)C2.